The van der Waals surface area contributed by atoms with Crippen LogP contribution in [0.25, 0.3) is 10.6 Å². The van der Waals surface area contributed by atoms with E-state index in [9.17, 15) is 0 Å². The summed E-state index contributed by atoms with van der Waals surface area (Å²) in [5, 5.41) is 11.4. The number of fused-ring (bicyclic) bond motifs is 1. The molecule has 116 valence electrons. The van der Waals surface area contributed by atoms with Crippen molar-refractivity contribution >= 4 is 50.7 Å². The van der Waals surface area contributed by atoms with E-state index in [1.165, 1.54) is 13.1 Å². The standard InChI is InChI=1S/C15H16ClIN4S/c1-20-5-9-7-21(8-10(9)6-20)15-19-18-14(22-15)12-3-2-11(17)4-13(12)16/h2-4,9-10H,5-8H2,1H3/t9-,10?/m0/s1. The highest BCUT2D eigenvalue weighted by atomic mass is 127. The van der Waals surface area contributed by atoms with Gasteiger partial charge in [-0.2, -0.15) is 0 Å². The Kier molecular flexibility index (Phi) is 4.04. The van der Waals surface area contributed by atoms with Gasteiger partial charge >= 0.3 is 0 Å². The second-order valence-corrected chi connectivity index (χ2v) is 8.77. The first-order chi connectivity index (χ1) is 10.6. The van der Waals surface area contributed by atoms with Gasteiger partial charge in [-0.3, -0.25) is 0 Å². The van der Waals surface area contributed by atoms with E-state index < -0.39 is 0 Å². The van der Waals surface area contributed by atoms with Crippen LogP contribution in [0.3, 0.4) is 0 Å². The van der Waals surface area contributed by atoms with Crippen LogP contribution in [0.2, 0.25) is 5.02 Å². The Labute approximate surface area is 152 Å². The molecule has 1 aromatic heterocycles. The van der Waals surface area contributed by atoms with Crippen LogP contribution in [0, 0.1) is 15.4 Å². The summed E-state index contributed by atoms with van der Waals surface area (Å²) in [7, 11) is 2.21. The third-order valence-electron chi connectivity index (χ3n) is 4.52. The van der Waals surface area contributed by atoms with Crippen LogP contribution in [0.15, 0.2) is 18.2 Å². The molecule has 2 aliphatic rings. The van der Waals surface area contributed by atoms with Crippen LogP contribution in [0.1, 0.15) is 0 Å². The molecule has 0 amide bonds. The first-order valence-electron chi connectivity index (χ1n) is 7.32. The lowest BCUT2D eigenvalue weighted by Crippen LogP contribution is -2.26. The molecule has 1 aromatic carbocycles. The van der Waals surface area contributed by atoms with Crippen molar-refractivity contribution in [3.63, 3.8) is 0 Å². The van der Waals surface area contributed by atoms with Gasteiger partial charge in [0.25, 0.3) is 0 Å². The van der Waals surface area contributed by atoms with Crippen LogP contribution in [0.4, 0.5) is 5.13 Å². The molecule has 2 aromatic rings. The van der Waals surface area contributed by atoms with E-state index in [1.807, 2.05) is 12.1 Å². The zero-order valence-corrected chi connectivity index (χ0v) is 15.9. The summed E-state index contributed by atoms with van der Waals surface area (Å²) < 4.78 is 1.13. The van der Waals surface area contributed by atoms with Gasteiger partial charge in [0.15, 0.2) is 5.01 Å². The third-order valence-corrected chi connectivity index (χ3v) is 6.52. The van der Waals surface area contributed by atoms with Gasteiger partial charge in [-0.05, 0) is 59.7 Å². The maximum Gasteiger partial charge on any atom is 0.208 e. The number of hydrogen-bond donors (Lipinski definition) is 0. The Bertz CT molecular complexity index is 693. The van der Waals surface area contributed by atoms with E-state index >= 15 is 0 Å². The van der Waals surface area contributed by atoms with E-state index in [4.69, 9.17) is 11.6 Å². The maximum absolute atomic E-state index is 6.34. The molecule has 2 aliphatic heterocycles. The molecule has 0 radical (unpaired) electrons. The fourth-order valence-corrected chi connectivity index (χ4v) is 5.40. The highest BCUT2D eigenvalue weighted by molar-refractivity contribution is 14.1. The number of likely N-dealkylation sites (tertiary alicyclic amines) is 1. The predicted molar refractivity (Wildman–Crippen MR) is 99.8 cm³/mol. The third kappa shape index (κ3) is 2.74. The highest BCUT2D eigenvalue weighted by Gasteiger charge is 2.39. The number of benzene rings is 1. The molecule has 0 aliphatic carbocycles. The SMILES string of the molecule is CN1CC2CN(c3nnc(-c4ccc(I)cc4Cl)s3)C[C@@H]2C1. The number of nitrogens with zero attached hydrogens (tertiary/aromatic N) is 4. The van der Waals surface area contributed by atoms with Gasteiger partial charge in [0.05, 0.1) is 5.02 Å². The number of halogens is 2. The van der Waals surface area contributed by atoms with Gasteiger partial charge in [-0.15, -0.1) is 10.2 Å². The molecule has 2 saturated heterocycles. The van der Waals surface area contributed by atoms with Gasteiger partial charge in [-0.1, -0.05) is 22.9 Å². The molecule has 4 rings (SSSR count). The largest absolute Gasteiger partial charge is 0.346 e. The van der Waals surface area contributed by atoms with Crippen LogP contribution in [-0.2, 0) is 0 Å². The second-order valence-electron chi connectivity index (χ2n) is 6.16. The average molecular weight is 447 g/mol. The lowest BCUT2D eigenvalue weighted by Gasteiger charge is -2.17. The Hall–Kier alpha value is -0.440. The first kappa shape index (κ1) is 15.1. The number of hydrogen-bond acceptors (Lipinski definition) is 5. The minimum Gasteiger partial charge on any atom is -0.346 e. The van der Waals surface area contributed by atoms with Gasteiger partial charge < -0.3 is 9.80 Å². The summed E-state index contributed by atoms with van der Waals surface area (Å²) in [4.78, 5) is 4.83. The van der Waals surface area contributed by atoms with Crippen molar-refractivity contribution in [1.29, 1.82) is 0 Å². The summed E-state index contributed by atoms with van der Waals surface area (Å²) in [6, 6.07) is 6.05. The normalized spacial score (nSPS) is 25.0. The minimum absolute atomic E-state index is 0.745. The molecule has 2 atom stereocenters. The second kappa shape index (κ2) is 5.89. The van der Waals surface area contributed by atoms with E-state index in [0.717, 1.165) is 49.2 Å². The molecular weight excluding hydrogens is 431 g/mol. The molecule has 4 nitrogen and oxygen atoms in total. The van der Waals surface area contributed by atoms with Gasteiger partial charge in [0, 0.05) is 35.3 Å². The van der Waals surface area contributed by atoms with E-state index in [0.29, 0.717) is 0 Å². The smallest absolute Gasteiger partial charge is 0.208 e. The van der Waals surface area contributed by atoms with Crippen molar-refractivity contribution in [2.24, 2.45) is 11.8 Å². The fourth-order valence-electron chi connectivity index (χ4n) is 3.50. The monoisotopic (exact) mass is 446 g/mol. The zero-order chi connectivity index (χ0) is 15.3. The summed E-state index contributed by atoms with van der Waals surface area (Å²) in [5.74, 6) is 1.55. The zero-order valence-electron chi connectivity index (χ0n) is 12.2. The molecule has 0 bridgehead atoms. The van der Waals surface area contributed by atoms with Gasteiger partial charge in [-0.25, -0.2) is 0 Å². The van der Waals surface area contributed by atoms with Crippen molar-refractivity contribution < 1.29 is 0 Å². The minimum atomic E-state index is 0.745. The van der Waals surface area contributed by atoms with E-state index in [-0.39, 0.29) is 0 Å². The summed E-state index contributed by atoms with van der Waals surface area (Å²) in [5.41, 5.74) is 0.977. The lowest BCUT2D eigenvalue weighted by molar-refractivity contribution is 0.387. The molecule has 0 saturated carbocycles. The highest BCUT2D eigenvalue weighted by Crippen LogP contribution is 2.38. The van der Waals surface area contributed by atoms with Crippen molar-refractivity contribution in [3.8, 4) is 10.6 Å². The summed E-state index contributed by atoms with van der Waals surface area (Å²) >= 11 is 10.3. The predicted octanol–water partition coefficient (Wildman–Crippen LogP) is 3.46. The Morgan fingerprint density at radius 1 is 1.18 bits per heavy atom. The summed E-state index contributed by atoms with van der Waals surface area (Å²) in [6.07, 6.45) is 0. The molecule has 1 unspecified atom stereocenters. The topological polar surface area (TPSA) is 32.3 Å². The Morgan fingerprint density at radius 2 is 1.91 bits per heavy atom. The Balaban J connectivity index is 1.55. The lowest BCUT2D eigenvalue weighted by atomic mass is 10.0. The van der Waals surface area contributed by atoms with Crippen molar-refractivity contribution in [1.82, 2.24) is 15.1 Å². The quantitative estimate of drug-likeness (QED) is 0.662. The maximum atomic E-state index is 6.34. The molecule has 3 heterocycles. The van der Waals surface area contributed by atoms with Crippen LogP contribution in [-0.4, -0.2) is 48.3 Å². The number of anilines is 1. The Morgan fingerprint density at radius 3 is 2.59 bits per heavy atom. The van der Waals surface area contributed by atoms with Crippen LogP contribution < -0.4 is 4.90 Å². The fraction of sp³-hybridized carbons (Fsp3) is 0.467. The number of aromatic nitrogens is 2. The average Bonchev–Trinajstić information content (AvgIpc) is 3.12. The molecular formula is C15H16ClIN4S. The molecule has 22 heavy (non-hydrogen) atoms. The van der Waals surface area contributed by atoms with Gasteiger partial charge in [0.1, 0.15) is 0 Å². The number of rotatable bonds is 2. The summed E-state index contributed by atoms with van der Waals surface area (Å²) in [6.45, 7) is 4.61. The van der Waals surface area contributed by atoms with Crippen LogP contribution >= 0.6 is 45.5 Å². The van der Waals surface area contributed by atoms with E-state index in [1.54, 1.807) is 11.3 Å². The molecule has 2 fully saturated rings. The van der Waals surface area contributed by atoms with Gasteiger partial charge in [0.2, 0.25) is 5.13 Å². The van der Waals surface area contributed by atoms with E-state index in [2.05, 4.69) is 55.7 Å². The van der Waals surface area contributed by atoms with Crippen molar-refractivity contribution in [2.45, 2.75) is 0 Å². The first-order valence-corrected chi connectivity index (χ1v) is 9.60. The van der Waals surface area contributed by atoms with Crippen molar-refractivity contribution in [3.05, 3.63) is 26.8 Å². The molecule has 7 heteroatoms. The molecule has 0 spiro atoms. The molecule has 0 N–H and O–H groups in total. The van der Waals surface area contributed by atoms with Crippen LogP contribution in [0.5, 0.6) is 0 Å². The van der Waals surface area contributed by atoms with Crippen molar-refractivity contribution in [2.75, 3.05) is 38.1 Å².